The molecular weight excluding hydrogens is 330 g/mol. The van der Waals surface area contributed by atoms with Gasteiger partial charge in [-0.3, -0.25) is 4.98 Å². The third-order valence-corrected chi connectivity index (χ3v) is 5.19. The molecule has 0 radical (unpaired) electrons. The number of rotatable bonds is 3. The van der Waals surface area contributed by atoms with Crippen molar-refractivity contribution in [3.8, 4) is 0 Å². The predicted octanol–water partition coefficient (Wildman–Crippen LogP) is 2.74. The molecule has 2 aromatic heterocycles. The van der Waals surface area contributed by atoms with Gasteiger partial charge in [0, 0.05) is 44.2 Å². The smallest absolute Gasteiger partial charge is 0.319 e. The predicted molar refractivity (Wildman–Crippen MR) is 98.0 cm³/mol. The number of carbonyl (C=O) groups is 1. The van der Waals surface area contributed by atoms with E-state index >= 15 is 0 Å². The number of nitrogens with zero attached hydrogens (tertiary/aromatic N) is 3. The van der Waals surface area contributed by atoms with Gasteiger partial charge < -0.3 is 19.9 Å². The zero-order valence-corrected chi connectivity index (χ0v) is 15.1. The topological polar surface area (TPSA) is 81.1 Å². The summed E-state index contributed by atoms with van der Waals surface area (Å²) in [5.74, 6) is 0.899. The quantitative estimate of drug-likeness (QED) is 0.887. The number of anilines is 1. The number of hydrogen-bond acceptors (Lipinski definition) is 4. The molecule has 7 heteroatoms. The number of imidazole rings is 1. The number of hydrogen-bond donors (Lipinski definition) is 2. The van der Waals surface area contributed by atoms with Gasteiger partial charge in [-0.15, -0.1) is 0 Å². The number of carbonyl (C=O) groups excluding carboxylic acids is 1. The first-order valence-electron chi connectivity index (χ1n) is 9.33. The molecular formula is C19H25N5O2. The molecule has 1 aliphatic heterocycles. The van der Waals surface area contributed by atoms with Crippen molar-refractivity contribution in [2.75, 3.05) is 11.9 Å². The molecule has 2 atom stereocenters. The maximum Gasteiger partial charge on any atom is 0.319 e. The number of amides is 2. The molecule has 0 bridgehead atoms. The standard InChI is InChI=1S/C19H25N5O2/c1-24-8-7-20-18(24)17-11-14(6-9-26-17)22-19(25)23-15-10-13-4-2-3-5-16(13)21-12-15/h7-8,10,12,14,17H,2-6,9,11H2,1H3,(H2,22,23,25)/t14-,17+/m0/s1. The normalized spacial score (nSPS) is 22.5. The molecule has 2 aliphatic rings. The Bertz CT molecular complexity index is 788. The van der Waals surface area contributed by atoms with Crippen molar-refractivity contribution < 1.29 is 9.53 Å². The summed E-state index contributed by atoms with van der Waals surface area (Å²) in [5.41, 5.74) is 3.19. The lowest BCUT2D eigenvalue weighted by molar-refractivity contribution is -0.00410. The molecule has 1 fully saturated rings. The highest BCUT2D eigenvalue weighted by Gasteiger charge is 2.27. The van der Waals surface area contributed by atoms with Crippen molar-refractivity contribution in [2.45, 2.75) is 50.7 Å². The third-order valence-electron chi connectivity index (χ3n) is 5.19. The number of urea groups is 1. The lowest BCUT2D eigenvalue weighted by atomic mass is 9.96. The molecule has 3 heterocycles. The Balaban J connectivity index is 1.35. The summed E-state index contributed by atoms with van der Waals surface area (Å²) in [6.45, 7) is 0.614. The molecule has 2 aromatic rings. The number of fused-ring (bicyclic) bond motifs is 1. The second-order valence-corrected chi connectivity index (χ2v) is 7.11. The monoisotopic (exact) mass is 355 g/mol. The van der Waals surface area contributed by atoms with Crippen molar-refractivity contribution in [1.82, 2.24) is 19.9 Å². The van der Waals surface area contributed by atoms with Crippen LogP contribution < -0.4 is 10.6 Å². The maximum atomic E-state index is 12.4. The summed E-state index contributed by atoms with van der Waals surface area (Å²) < 4.78 is 7.79. The van der Waals surface area contributed by atoms with Gasteiger partial charge in [-0.2, -0.15) is 0 Å². The van der Waals surface area contributed by atoms with Crippen LogP contribution in [0.1, 0.15) is 48.9 Å². The molecule has 1 aliphatic carbocycles. The summed E-state index contributed by atoms with van der Waals surface area (Å²) in [6.07, 6.45) is 11.4. The molecule has 0 unspecified atom stereocenters. The second-order valence-electron chi connectivity index (χ2n) is 7.11. The van der Waals surface area contributed by atoms with E-state index in [0.717, 1.165) is 37.2 Å². The lowest BCUT2D eigenvalue weighted by Gasteiger charge is -2.29. The van der Waals surface area contributed by atoms with E-state index in [1.54, 1.807) is 12.4 Å². The first kappa shape index (κ1) is 17.0. The molecule has 26 heavy (non-hydrogen) atoms. The van der Waals surface area contributed by atoms with Crippen LogP contribution >= 0.6 is 0 Å². The van der Waals surface area contributed by atoms with Gasteiger partial charge in [-0.1, -0.05) is 0 Å². The average molecular weight is 355 g/mol. The van der Waals surface area contributed by atoms with Gasteiger partial charge >= 0.3 is 6.03 Å². The van der Waals surface area contributed by atoms with E-state index in [2.05, 4.69) is 26.7 Å². The van der Waals surface area contributed by atoms with Crippen LogP contribution in [-0.4, -0.2) is 33.2 Å². The highest BCUT2D eigenvalue weighted by molar-refractivity contribution is 5.89. The van der Waals surface area contributed by atoms with E-state index in [-0.39, 0.29) is 18.2 Å². The van der Waals surface area contributed by atoms with Gasteiger partial charge in [-0.25, -0.2) is 9.78 Å². The molecule has 0 spiro atoms. The molecule has 0 saturated carbocycles. The number of aryl methyl sites for hydroxylation is 3. The highest BCUT2D eigenvalue weighted by atomic mass is 16.5. The minimum atomic E-state index is -0.187. The van der Waals surface area contributed by atoms with Gasteiger partial charge in [0.25, 0.3) is 0 Å². The van der Waals surface area contributed by atoms with E-state index in [0.29, 0.717) is 6.61 Å². The molecule has 138 valence electrons. The fourth-order valence-electron chi connectivity index (χ4n) is 3.80. The molecule has 2 amide bonds. The summed E-state index contributed by atoms with van der Waals surface area (Å²) in [4.78, 5) is 21.3. The van der Waals surface area contributed by atoms with E-state index in [4.69, 9.17) is 4.74 Å². The summed E-state index contributed by atoms with van der Waals surface area (Å²) >= 11 is 0. The van der Waals surface area contributed by atoms with E-state index in [1.807, 2.05) is 17.8 Å². The van der Waals surface area contributed by atoms with Gasteiger partial charge in [0.2, 0.25) is 0 Å². The van der Waals surface area contributed by atoms with Gasteiger partial charge in [-0.05, 0) is 43.7 Å². The second kappa shape index (κ2) is 7.45. The van der Waals surface area contributed by atoms with Crippen molar-refractivity contribution in [2.24, 2.45) is 7.05 Å². The van der Waals surface area contributed by atoms with E-state index < -0.39 is 0 Å². The largest absolute Gasteiger partial charge is 0.370 e. The summed E-state index contributed by atoms with van der Waals surface area (Å²) in [5, 5.41) is 5.99. The highest BCUT2D eigenvalue weighted by Crippen LogP contribution is 2.27. The van der Waals surface area contributed by atoms with Gasteiger partial charge in [0.1, 0.15) is 11.9 Å². The fourth-order valence-corrected chi connectivity index (χ4v) is 3.80. The van der Waals surface area contributed by atoms with Crippen molar-refractivity contribution in [3.05, 3.63) is 41.7 Å². The van der Waals surface area contributed by atoms with Crippen molar-refractivity contribution in [3.63, 3.8) is 0 Å². The minimum Gasteiger partial charge on any atom is -0.370 e. The van der Waals surface area contributed by atoms with Crippen molar-refractivity contribution in [1.29, 1.82) is 0 Å². The van der Waals surface area contributed by atoms with Gasteiger partial charge in [0.05, 0.1) is 11.9 Å². The van der Waals surface area contributed by atoms with Gasteiger partial charge in [0.15, 0.2) is 0 Å². The molecule has 0 aromatic carbocycles. The Morgan fingerprint density at radius 2 is 2.19 bits per heavy atom. The van der Waals surface area contributed by atoms with Crippen LogP contribution in [-0.2, 0) is 24.6 Å². The fraction of sp³-hybridized carbons (Fsp3) is 0.526. The Morgan fingerprint density at radius 1 is 1.31 bits per heavy atom. The Labute approximate surface area is 153 Å². The number of nitrogens with one attached hydrogen (secondary N) is 2. The van der Waals surface area contributed by atoms with Crippen LogP contribution in [0.25, 0.3) is 0 Å². The third kappa shape index (κ3) is 3.72. The number of aromatic nitrogens is 3. The minimum absolute atomic E-state index is 0.0658. The zero-order valence-electron chi connectivity index (χ0n) is 15.1. The Morgan fingerprint density at radius 3 is 3.04 bits per heavy atom. The van der Waals surface area contributed by atoms with Crippen LogP contribution in [0.5, 0.6) is 0 Å². The molecule has 1 saturated heterocycles. The first-order valence-corrected chi connectivity index (χ1v) is 9.33. The average Bonchev–Trinajstić information content (AvgIpc) is 3.08. The van der Waals surface area contributed by atoms with E-state index in [9.17, 15) is 4.79 Å². The van der Waals surface area contributed by atoms with Crippen LogP contribution in [0.15, 0.2) is 24.7 Å². The molecule has 7 nitrogen and oxygen atoms in total. The Hall–Kier alpha value is -2.41. The first-order chi connectivity index (χ1) is 12.7. The van der Waals surface area contributed by atoms with Crippen LogP contribution in [0.4, 0.5) is 10.5 Å². The number of pyridine rings is 1. The zero-order chi connectivity index (χ0) is 17.9. The van der Waals surface area contributed by atoms with Crippen LogP contribution in [0, 0.1) is 0 Å². The molecule has 2 N–H and O–H groups in total. The molecule has 4 rings (SSSR count). The SMILES string of the molecule is Cn1ccnc1[C@H]1C[C@@H](NC(=O)Nc2cnc3c(c2)CCCC3)CCO1. The lowest BCUT2D eigenvalue weighted by Crippen LogP contribution is -2.42. The summed E-state index contributed by atoms with van der Waals surface area (Å²) in [6, 6.07) is 1.94. The van der Waals surface area contributed by atoms with Crippen molar-refractivity contribution >= 4 is 11.7 Å². The van der Waals surface area contributed by atoms with Crippen LogP contribution in [0.2, 0.25) is 0 Å². The Kier molecular flexibility index (Phi) is 4.88. The number of ether oxygens (including phenoxy) is 1. The van der Waals surface area contributed by atoms with Crippen LogP contribution in [0.3, 0.4) is 0 Å². The van der Waals surface area contributed by atoms with E-state index in [1.165, 1.54) is 24.1 Å². The summed E-state index contributed by atoms with van der Waals surface area (Å²) in [7, 11) is 1.96. The maximum absolute atomic E-state index is 12.4.